The summed E-state index contributed by atoms with van der Waals surface area (Å²) >= 11 is 0. The van der Waals surface area contributed by atoms with Gasteiger partial charge >= 0.3 is 6.18 Å². The average molecular weight is 422 g/mol. The van der Waals surface area contributed by atoms with Crippen LogP contribution in [0, 0.1) is 0 Å². The zero-order chi connectivity index (χ0) is 21.5. The highest BCUT2D eigenvalue weighted by molar-refractivity contribution is 5.96. The van der Waals surface area contributed by atoms with Gasteiger partial charge in [-0.1, -0.05) is 18.2 Å². The van der Waals surface area contributed by atoms with Crippen molar-refractivity contribution in [3.05, 3.63) is 77.4 Å². The van der Waals surface area contributed by atoms with Crippen molar-refractivity contribution in [1.82, 2.24) is 19.7 Å². The summed E-state index contributed by atoms with van der Waals surface area (Å²) in [6, 6.07) is 6.92. The van der Waals surface area contributed by atoms with Gasteiger partial charge in [0.2, 0.25) is 0 Å². The van der Waals surface area contributed by atoms with Crippen LogP contribution < -0.4 is 0 Å². The third-order valence-corrected chi connectivity index (χ3v) is 4.85. The van der Waals surface area contributed by atoms with Crippen molar-refractivity contribution in [3.8, 4) is 5.69 Å². The average Bonchev–Trinajstić information content (AvgIpc) is 3.15. The molecule has 3 heterocycles. The molecular weight excluding hydrogens is 407 g/mol. The number of pyridine rings is 1. The number of carbonyl (C=O) groups is 1. The molecule has 1 amide bonds. The van der Waals surface area contributed by atoms with Crippen LogP contribution in [0.3, 0.4) is 0 Å². The second-order valence-electron chi connectivity index (χ2n) is 6.87. The predicted molar refractivity (Wildman–Crippen MR) is 96.3 cm³/mol. The number of benzene rings is 1. The molecule has 0 spiro atoms. The van der Waals surface area contributed by atoms with E-state index in [-0.39, 0.29) is 18.5 Å². The molecule has 1 aromatic carbocycles. The van der Waals surface area contributed by atoms with Crippen molar-refractivity contribution in [3.63, 3.8) is 0 Å². The molecule has 0 N–H and O–H groups in total. The normalized spacial score (nSPS) is 14.7. The van der Waals surface area contributed by atoms with E-state index in [0.717, 1.165) is 23.1 Å². The summed E-state index contributed by atoms with van der Waals surface area (Å²) in [6.07, 6.45) is -0.193. The van der Waals surface area contributed by atoms with Crippen LogP contribution in [0.2, 0.25) is 0 Å². The Kier molecular flexibility index (Phi) is 4.79. The summed E-state index contributed by atoms with van der Waals surface area (Å²) in [5.74, 6) is -4.57. The van der Waals surface area contributed by atoms with E-state index in [0.29, 0.717) is 17.4 Å². The van der Waals surface area contributed by atoms with E-state index in [1.54, 1.807) is 18.3 Å². The van der Waals surface area contributed by atoms with E-state index >= 15 is 0 Å². The van der Waals surface area contributed by atoms with Gasteiger partial charge in [-0.15, -0.1) is 0 Å². The Morgan fingerprint density at radius 2 is 1.73 bits per heavy atom. The molecular formula is C20H15F5N4O. The zero-order valence-electron chi connectivity index (χ0n) is 15.4. The molecule has 0 saturated carbocycles. The summed E-state index contributed by atoms with van der Waals surface area (Å²) in [6.45, 7) is -1.23. The van der Waals surface area contributed by atoms with Crippen molar-refractivity contribution in [2.45, 2.75) is 18.5 Å². The van der Waals surface area contributed by atoms with E-state index in [1.807, 2.05) is 0 Å². The minimum atomic E-state index is -4.93. The maximum atomic E-state index is 14.8. The van der Waals surface area contributed by atoms with Crippen LogP contribution in [-0.2, 0) is 18.5 Å². The summed E-state index contributed by atoms with van der Waals surface area (Å²) < 4.78 is 70.6. The van der Waals surface area contributed by atoms with Gasteiger partial charge in [-0.3, -0.25) is 9.78 Å². The first-order valence-electron chi connectivity index (χ1n) is 8.99. The van der Waals surface area contributed by atoms with Crippen LogP contribution in [0.5, 0.6) is 0 Å². The Labute approximate surface area is 167 Å². The summed E-state index contributed by atoms with van der Waals surface area (Å²) in [5, 5.41) is 4.30. The molecule has 1 aliphatic heterocycles. The number of hydrogen-bond acceptors (Lipinski definition) is 3. The Hall–Kier alpha value is -3.30. The first kappa shape index (κ1) is 20.0. The molecule has 0 radical (unpaired) electrons. The maximum absolute atomic E-state index is 14.8. The number of nitrogens with zero attached hydrogens (tertiary/aromatic N) is 4. The van der Waals surface area contributed by atoms with Gasteiger partial charge in [0.05, 0.1) is 35.2 Å². The van der Waals surface area contributed by atoms with Crippen LogP contribution in [0.15, 0.2) is 55.0 Å². The molecule has 0 saturated heterocycles. The minimum Gasteiger partial charge on any atom is -0.332 e. The smallest absolute Gasteiger partial charge is 0.332 e. The minimum absolute atomic E-state index is 0.0698. The van der Waals surface area contributed by atoms with Gasteiger partial charge in [-0.05, 0) is 18.2 Å². The van der Waals surface area contributed by atoms with Crippen molar-refractivity contribution in [2.24, 2.45) is 0 Å². The van der Waals surface area contributed by atoms with Crippen LogP contribution >= 0.6 is 0 Å². The number of aromatic nitrogens is 3. The number of alkyl halides is 5. The SMILES string of the molecule is O=C1c2cn(-c3cccnc3)nc2CCN1CC(F)(F)c1ccccc1C(F)(F)F. The largest absolute Gasteiger partial charge is 0.416 e. The Balaban J connectivity index is 1.60. The first-order chi connectivity index (χ1) is 14.2. The summed E-state index contributed by atoms with van der Waals surface area (Å²) in [4.78, 5) is 17.6. The molecule has 2 aromatic heterocycles. The highest BCUT2D eigenvalue weighted by Gasteiger charge is 2.44. The van der Waals surface area contributed by atoms with Gasteiger partial charge < -0.3 is 4.90 Å². The van der Waals surface area contributed by atoms with Gasteiger partial charge in [0.1, 0.15) is 0 Å². The van der Waals surface area contributed by atoms with E-state index in [1.165, 1.54) is 17.1 Å². The van der Waals surface area contributed by atoms with Gasteiger partial charge in [-0.2, -0.15) is 27.1 Å². The van der Waals surface area contributed by atoms with Gasteiger partial charge in [-0.25, -0.2) is 4.68 Å². The van der Waals surface area contributed by atoms with E-state index in [9.17, 15) is 26.7 Å². The molecule has 1 aliphatic rings. The lowest BCUT2D eigenvalue weighted by molar-refractivity contribution is -0.142. The molecule has 0 atom stereocenters. The van der Waals surface area contributed by atoms with E-state index < -0.39 is 35.7 Å². The molecule has 4 rings (SSSR count). The fraction of sp³-hybridized carbons (Fsp3) is 0.250. The Morgan fingerprint density at radius 3 is 2.40 bits per heavy atom. The number of amides is 1. The third kappa shape index (κ3) is 3.64. The Bertz CT molecular complexity index is 1080. The quantitative estimate of drug-likeness (QED) is 0.596. The molecule has 5 nitrogen and oxygen atoms in total. The second kappa shape index (κ2) is 7.19. The molecule has 0 fully saturated rings. The second-order valence-corrected chi connectivity index (χ2v) is 6.87. The molecule has 10 heteroatoms. The molecule has 3 aromatic rings. The van der Waals surface area contributed by atoms with Crippen LogP contribution in [0.4, 0.5) is 22.0 Å². The number of carbonyl (C=O) groups excluding carboxylic acids is 1. The first-order valence-corrected chi connectivity index (χ1v) is 8.99. The maximum Gasteiger partial charge on any atom is 0.416 e. The van der Waals surface area contributed by atoms with E-state index in [4.69, 9.17) is 0 Å². The highest BCUT2D eigenvalue weighted by Crippen LogP contribution is 2.40. The number of hydrogen-bond donors (Lipinski definition) is 0. The fourth-order valence-corrected chi connectivity index (χ4v) is 3.43. The van der Waals surface area contributed by atoms with Crippen LogP contribution in [0.25, 0.3) is 5.69 Å². The number of rotatable bonds is 4. The van der Waals surface area contributed by atoms with E-state index in [2.05, 4.69) is 10.1 Å². The summed E-state index contributed by atoms with van der Waals surface area (Å²) in [7, 11) is 0. The molecule has 0 bridgehead atoms. The third-order valence-electron chi connectivity index (χ3n) is 4.85. The predicted octanol–water partition coefficient (Wildman–Crippen LogP) is 4.08. The fourth-order valence-electron chi connectivity index (χ4n) is 3.43. The lowest BCUT2D eigenvalue weighted by atomic mass is 9.99. The van der Waals surface area contributed by atoms with Crippen molar-refractivity contribution >= 4 is 5.91 Å². The molecule has 30 heavy (non-hydrogen) atoms. The summed E-state index contributed by atoms with van der Waals surface area (Å²) in [5.41, 5.74) is -1.38. The van der Waals surface area contributed by atoms with Gasteiger partial charge in [0, 0.05) is 30.9 Å². The van der Waals surface area contributed by atoms with Crippen LogP contribution in [-0.4, -0.2) is 38.7 Å². The zero-order valence-corrected chi connectivity index (χ0v) is 15.4. The van der Waals surface area contributed by atoms with Crippen molar-refractivity contribution in [2.75, 3.05) is 13.1 Å². The highest BCUT2D eigenvalue weighted by atomic mass is 19.4. The van der Waals surface area contributed by atoms with Crippen LogP contribution in [0.1, 0.15) is 27.2 Å². The number of fused-ring (bicyclic) bond motifs is 1. The van der Waals surface area contributed by atoms with Crippen molar-refractivity contribution < 1.29 is 26.7 Å². The topological polar surface area (TPSA) is 51.0 Å². The molecule has 0 aliphatic carbocycles. The standard InChI is InChI=1S/C20H15F5N4O/c21-19(22,15-5-1-2-6-16(15)20(23,24)25)12-28-9-7-17-14(18(28)30)11-29(27-17)13-4-3-8-26-10-13/h1-6,8,10-11H,7,9,12H2. The number of halogens is 5. The molecule has 156 valence electrons. The van der Waals surface area contributed by atoms with Gasteiger partial charge in [0.25, 0.3) is 11.8 Å². The van der Waals surface area contributed by atoms with Gasteiger partial charge in [0.15, 0.2) is 0 Å². The lowest BCUT2D eigenvalue weighted by Crippen LogP contribution is -2.44. The lowest BCUT2D eigenvalue weighted by Gasteiger charge is -2.31. The Morgan fingerprint density at radius 1 is 1.00 bits per heavy atom. The van der Waals surface area contributed by atoms with Crippen molar-refractivity contribution in [1.29, 1.82) is 0 Å². The molecule has 0 unspecified atom stereocenters. The monoisotopic (exact) mass is 422 g/mol.